The quantitative estimate of drug-likeness (QED) is 0.766. The number of nitrogens with zero attached hydrogens (tertiary/aromatic N) is 1. The summed E-state index contributed by atoms with van der Waals surface area (Å²) in [6, 6.07) is 7.48. The normalized spacial score (nSPS) is 21.0. The van der Waals surface area contributed by atoms with Gasteiger partial charge in [0.2, 0.25) is 0 Å². The number of hydrogen-bond donors (Lipinski definition) is 2. The molecule has 0 aliphatic carbocycles. The van der Waals surface area contributed by atoms with Crippen molar-refractivity contribution in [3.05, 3.63) is 35.4 Å². The van der Waals surface area contributed by atoms with Crippen LogP contribution in [0.4, 0.5) is 0 Å². The smallest absolute Gasteiger partial charge is 0.305 e. The van der Waals surface area contributed by atoms with E-state index in [1.807, 2.05) is 24.3 Å². The van der Waals surface area contributed by atoms with Gasteiger partial charge >= 0.3 is 5.97 Å². The van der Waals surface area contributed by atoms with Crippen LogP contribution in [0.1, 0.15) is 17.5 Å². The summed E-state index contributed by atoms with van der Waals surface area (Å²) in [6.45, 7) is 0.411. The van der Waals surface area contributed by atoms with Crippen molar-refractivity contribution < 1.29 is 15.1 Å². The lowest BCUT2D eigenvalue weighted by molar-refractivity contribution is -0.158. The monoisotopic (exact) mass is 207 g/mol. The number of carboxylic acid groups (broad SMARTS) is 1. The van der Waals surface area contributed by atoms with Crippen LogP contribution >= 0.6 is 0 Å². The number of hydroxylamine groups is 2. The van der Waals surface area contributed by atoms with Crippen molar-refractivity contribution in [1.29, 1.82) is 0 Å². The summed E-state index contributed by atoms with van der Waals surface area (Å²) >= 11 is 0. The first kappa shape index (κ1) is 10.1. The lowest BCUT2D eigenvalue weighted by atomic mass is 9.94. The average Bonchev–Trinajstić information content (AvgIpc) is 2.18. The van der Waals surface area contributed by atoms with E-state index in [1.54, 1.807) is 0 Å². The van der Waals surface area contributed by atoms with Crippen LogP contribution in [0.2, 0.25) is 0 Å². The Labute approximate surface area is 87.7 Å². The average molecular weight is 207 g/mol. The first-order valence-corrected chi connectivity index (χ1v) is 4.91. The maximum absolute atomic E-state index is 10.6. The fourth-order valence-electron chi connectivity index (χ4n) is 1.95. The molecule has 4 heteroatoms. The second-order valence-corrected chi connectivity index (χ2v) is 3.82. The zero-order valence-corrected chi connectivity index (χ0v) is 8.26. The minimum absolute atomic E-state index is 0.0230. The third-order valence-electron chi connectivity index (χ3n) is 2.74. The Balaban J connectivity index is 2.18. The van der Waals surface area contributed by atoms with Crippen LogP contribution in [0.3, 0.4) is 0 Å². The third kappa shape index (κ3) is 2.16. The highest BCUT2D eigenvalue weighted by atomic mass is 16.5. The molecule has 1 aromatic carbocycles. The van der Waals surface area contributed by atoms with Crippen LogP contribution in [0.15, 0.2) is 24.3 Å². The number of fused-ring (bicyclic) bond motifs is 1. The van der Waals surface area contributed by atoms with Gasteiger partial charge in [0, 0.05) is 12.6 Å². The number of aliphatic carboxylic acids is 1. The summed E-state index contributed by atoms with van der Waals surface area (Å²) in [4.78, 5) is 10.6. The van der Waals surface area contributed by atoms with E-state index in [4.69, 9.17) is 5.11 Å². The molecule has 0 amide bonds. The molecule has 0 radical (unpaired) electrons. The highest BCUT2D eigenvalue weighted by Gasteiger charge is 2.26. The van der Waals surface area contributed by atoms with Gasteiger partial charge in [-0.25, -0.2) is 0 Å². The van der Waals surface area contributed by atoms with E-state index in [0.29, 0.717) is 13.0 Å². The topological polar surface area (TPSA) is 60.8 Å². The van der Waals surface area contributed by atoms with Crippen molar-refractivity contribution >= 4 is 5.97 Å². The number of rotatable bonds is 2. The van der Waals surface area contributed by atoms with Crippen molar-refractivity contribution in [2.24, 2.45) is 0 Å². The molecule has 0 saturated carbocycles. The molecule has 1 aliphatic rings. The van der Waals surface area contributed by atoms with Crippen LogP contribution < -0.4 is 0 Å². The van der Waals surface area contributed by atoms with E-state index < -0.39 is 5.97 Å². The fourth-order valence-corrected chi connectivity index (χ4v) is 1.95. The number of carboxylic acids is 1. The van der Waals surface area contributed by atoms with Gasteiger partial charge < -0.3 is 10.3 Å². The summed E-state index contributed by atoms with van der Waals surface area (Å²) < 4.78 is 0. The van der Waals surface area contributed by atoms with E-state index >= 15 is 0 Å². The molecule has 1 aliphatic heterocycles. The molecule has 1 aromatic rings. The molecule has 1 heterocycles. The van der Waals surface area contributed by atoms with E-state index in [-0.39, 0.29) is 12.5 Å². The predicted molar refractivity (Wildman–Crippen MR) is 53.5 cm³/mol. The highest BCUT2D eigenvalue weighted by Crippen LogP contribution is 2.23. The maximum Gasteiger partial charge on any atom is 0.305 e. The standard InChI is InChI=1S/C11H13NO3/c13-11(14)6-10-5-8-3-1-2-4-9(8)7-12(10)15/h1-4,10,15H,5-7H2,(H,13,14). The summed E-state index contributed by atoms with van der Waals surface area (Å²) in [5.41, 5.74) is 2.20. The summed E-state index contributed by atoms with van der Waals surface area (Å²) in [7, 11) is 0. The molecule has 0 saturated heterocycles. The zero-order chi connectivity index (χ0) is 10.8. The molecule has 2 N–H and O–H groups in total. The van der Waals surface area contributed by atoms with E-state index in [1.165, 1.54) is 0 Å². The minimum Gasteiger partial charge on any atom is -0.481 e. The summed E-state index contributed by atoms with van der Waals surface area (Å²) in [5, 5.41) is 19.4. The van der Waals surface area contributed by atoms with Crippen molar-refractivity contribution in [2.75, 3.05) is 0 Å². The van der Waals surface area contributed by atoms with Gasteiger partial charge in [-0.1, -0.05) is 24.3 Å². The second kappa shape index (κ2) is 4.00. The lowest BCUT2D eigenvalue weighted by Gasteiger charge is -2.31. The molecule has 0 fully saturated rings. The molecule has 0 aromatic heterocycles. The van der Waals surface area contributed by atoms with Gasteiger partial charge in [-0.15, -0.1) is 0 Å². The Morgan fingerprint density at radius 3 is 2.73 bits per heavy atom. The fraction of sp³-hybridized carbons (Fsp3) is 0.364. The van der Waals surface area contributed by atoms with Crippen molar-refractivity contribution in [1.82, 2.24) is 5.06 Å². The van der Waals surface area contributed by atoms with Crippen LogP contribution in [0, 0.1) is 0 Å². The zero-order valence-electron chi connectivity index (χ0n) is 8.26. The van der Waals surface area contributed by atoms with Gasteiger partial charge in [0.15, 0.2) is 0 Å². The van der Waals surface area contributed by atoms with Crippen molar-refractivity contribution in [3.63, 3.8) is 0 Å². The van der Waals surface area contributed by atoms with E-state index in [0.717, 1.165) is 16.2 Å². The largest absolute Gasteiger partial charge is 0.481 e. The first-order valence-electron chi connectivity index (χ1n) is 4.91. The molecule has 2 rings (SSSR count). The predicted octanol–water partition coefficient (Wildman–Crippen LogP) is 1.28. The molecule has 4 nitrogen and oxygen atoms in total. The van der Waals surface area contributed by atoms with Gasteiger partial charge in [0.1, 0.15) is 0 Å². The van der Waals surface area contributed by atoms with Crippen LogP contribution in [-0.4, -0.2) is 27.4 Å². The third-order valence-corrected chi connectivity index (χ3v) is 2.74. The van der Waals surface area contributed by atoms with Gasteiger partial charge in [-0.3, -0.25) is 4.79 Å². The molecule has 80 valence electrons. The molecule has 0 spiro atoms. The number of hydrogen-bond acceptors (Lipinski definition) is 3. The van der Waals surface area contributed by atoms with Crippen LogP contribution in [0.25, 0.3) is 0 Å². The second-order valence-electron chi connectivity index (χ2n) is 3.82. The summed E-state index contributed by atoms with van der Waals surface area (Å²) in [6.07, 6.45) is 0.573. The maximum atomic E-state index is 10.6. The van der Waals surface area contributed by atoms with Gasteiger partial charge in [-0.2, -0.15) is 5.06 Å². The van der Waals surface area contributed by atoms with Crippen molar-refractivity contribution in [3.8, 4) is 0 Å². The van der Waals surface area contributed by atoms with Crippen molar-refractivity contribution in [2.45, 2.75) is 25.4 Å². The Kier molecular flexibility index (Phi) is 2.70. The Hall–Kier alpha value is -1.39. The molecular formula is C11H13NO3. The Morgan fingerprint density at radius 1 is 1.40 bits per heavy atom. The summed E-state index contributed by atoms with van der Waals surface area (Å²) in [5.74, 6) is -0.876. The minimum atomic E-state index is -0.876. The van der Waals surface area contributed by atoms with Crippen LogP contribution in [0.5, 0.6) is 0 Å². The molecule has 15 heavy (non-hydrogen) atoms. The molecule has 1 unspecified atom stereocenters. The van der Waals surface area contributed by atoms with Gasteiger partial charge in [0.05, 0.1) is 6.42 Å². The Morgan fingerprint density at radius 2 is 2.07 bits per heavy atom. The number of benzene rings is 1. The van der Waals surface area contributed by atoms with E-state index in [9.17, 15) is 10.0 Å². The van der Waals surface area contributed by atoms with E-state index in [2.05, 4.69) is 0 Å². The van der Waals surface area contributed by atoms with Crippen LogP contribution in [-0.2, 0) is 17.8 Å². The Bertz CT molecular complexity index is 378. The lowest BCUT2D eigenvalue weighted by Crippen LogP contribution is -2.39. The molecular weight excluding hydrogens is 194 g/mol. The number of carbonyl (C=O) groups is 1. The molecule has 1 atom stereocenters. The van der Waals surface area contributed by atoms with Gasteiger partial charge in [-0.05, 0) is 17.5 Å². The SMILES string of the molecule is O=C(O)CC1Cc2ccccc2CN1O. The molecule has 0 bridgehead atoms. The van der Waals surface area contributed by atoms with Gasteiger partial charge in [0.25, 0.3) is 0 Å². The first-order chi connectivity index (χ1) is 7.16. The highest BCUT2D eigenvalue weighted by molar-refractivity contribution is 5.67.